The van der Waals surface area contributed by atoms with Gasteiger partial charge in [0.25, 0.3) is 0 Å². The molecule has 1 aliphatic heterocycles. The number of alkyl carbamates (subject to hydrolysis) is 1. The largest absolute Gasteiger partial charge is 0.493 e. The van der Waals surface area contributed by atoms with E-state index in [4.69, 9.17) is 9.47 Å². The summed E-state index contributed by atoms with van der Waals surface area (Å²) in [5.74, 6) is -1.99. The van der Waals surface area contributed by atoms with E-state index in [2.05, 4.69) is 29.9 Å². The van der Waals surface area contributed by atoms with Gasteiger partial charge in [-0.05, 0) is 54.5 Å². The molecular weight excluding hydrogens is 437 g/mol. The van der Waals surface area contributed by atoms with Crippen molar-refractivity contribution in [3.63, 3.8) is 0 Å². The number of carbonyl (C=O) groups is 2. The molecule has 0 aromatic heterocycles. The summed E-state index contributed by atoms with van der Waals surface area (Å²) >= 11 is 0. The number of imide groups is 1. The first-order valence-corrected chi connectivity index (χ1v) is 12.2. The minimum absolute atomic E-state index is 0.0909. The van der Waals surface area contributed by atoms with Crippen molar-refractivity contribution in [1.29, 1.82) is 0 Å². The van der Waals surface area contributed by atoms with E-state index >= 15 is 0 Å². The Morgan fingerprint density at radius 3 is 2.59 bits per heavy atom. The lowest BCUT2D eigenvalue weighted by Gasteiger charge is -2.23. The highest BCUT2D eigenvalue weighted by Gasteiger charge is 2.51. The highest BCUT2D eigenvalue weighted by atomic mass is 19.2. The molecule has 2 fully saturated rings. The third-order valence-corrected chi connectivity index (χ3v) is 6.44. The summed E-state index contributed by atoms with van der Waals surface area (Å²) < 4.78 is 31.1. The number of hydrogen-bond donors (Lipinski definition) is 1. The molecule has 34 heavy (non-hydrogen) atoms. The van der Waals surface area contributed by atoms with Crippen LogP contribution in [-0.4, -0.2) is 25.2 Å². The summed E-state index contributed by atoms with van der Waals surface area (Å²) in [6.45, 7) is 3.03. The van der Waals surface area contributed by atoms with E-state index in [-0.39, 0.29) is 5.56 Å². The fourth-order valence-corrected chi connectivity index (χ4v) is 4.67. The SMILES string of the molecule is CCCc1cc(C2CCCCC2)ccc1OCCCOc1cccc(C2(F)OC(=O)NC2=O)c1. The zero-order chi connectivity index (χ0) is 24.0. The second-order valence-electron chi connectivity index (χ2n) is 8.97. The molecule has 1 N–H and O–H groups in total. The number of halogens is 1. The molecule has 1 unspecified atom stereocenters. The number of carbonyl (C=O) groups excluding carboxylic acids is 2. The molecule has 4 rings (SSSR count). The van der Waals surface area contributed by atoms with Crippen molar-refractivity contribution >= 4 is 12.0 Å². The Labute approximate surface area is 199 Å². The van der Waals surface area contributed by atoms with Gasteiger partial charge in [0.1, 0.15) is 11.5 Å². The highest BCUT2D eigenvalue weighted by molar-refractivity contribution is 6.02. The van der Waals surface area contributed by atoms with Gasteiger partial charge in [-0.15, -0.1) is 0 Å². The van der Waals surface area contributed by atoms with Crippen LogP contribution >= 0.6 is 0 Å². The zero-order valence-corrected chi connectivity index (χ0v) is 19.6. The van der Waals surface area contributed by atoms with Gasteiger partial charge >= 0.3 is 17.9 Å². The standard InChI is InChI=1S/C27H32FNO5/c1-2-8-21-17-20(19-9-4-3-5-10-19)13-14-24(21)33-16-7-15-32-23-12-6-11-22(18-23)27(28)25(30)29-26(31)34-27/h6,11-14,17-19H,2-5,7-10,15-16H2,1H3,(H,29,30,31). The first-order chi connectivity index (χ1) is 16.5. The number of aryl methyl sites for hydroxylation is 1. The molecule has 1 heterocycles. The second kappa shape index (κ2) is 10.9. The topological polar surface area (TPSA) is 73.9 Å². The minimum Gasteiger partial charge on any atom is -0.493 e. The van der Waals surface area contributed by atoms with Gasteiger partial charge in [-0.2, -0.15) is 4.39 Å². The van der Waals surface area contributed by atoms with E-state index in [1.807, 2.05) is 0 Å². The number of rotatable bonds is 10. The van der Waals surface area contributed by atoms with Gasteiger partial charge < -0.3 is 14.2 Å². The smallest absolute Gasteiger partial charge is 0.417 e. The van der Waals surface area contributed by atoms with Crippen LogP contribution in [0.1, 0.15) is 74.5 Å². The quantitative estimate of drug-likeness (QED) is 0.437. The van der Waals surface area contributed by atoms with Gasteiger partial charge in [0.2, 0.25) is 0 Å². The minimum atomic E-state index is -2.83. The van der Waals surface area contributed by atoms with Gasteiger partial charge in [-0.25, -0.2) is 4.79 Å². The lowest BCUT2D eigenvalue weighted by atomic mass is 9.83. The molecule has 0 spiro atoms. The fraction of sp³-hybridized carbons (Fsp3) is 0.481. The van der Waals surface area contributed by atoms with E-state index in [0.717, 1.165) is 18.6 Å². The number of nitrogens with one attached hydrogen (secondary N) is 1. The van der Waals surface area contributed by atoms with Crippen LogP contribution in [0.3, 0.4) is 0 Å². The van der Waals surface area contributed by atoms with Crippen molar-refractivity contribution in [2.24, 2.45) is 0 Å². The van der Waals surface area contributed by atoms with Crippen LogP contribution in [0.5, 0.6) is 11.5 Å². The fourth-order valence-electron chi connectivity index (χ4n) is 4.67. The number of amides is 2. The van der Waals surface area contributed by atoms with E-state index in [1.54, 1.807) is 17.4 Å². The van der Waals surface area contributed by atoms with E-state index in [1.165, 1.54) is 55.4 Å². The first-order valence-electron chi connectivity index (χ1n) is 12.2. The van der Waals surface area contributed by atoms with Gasteiger partial charge in [-0.3, -0.25) is 10.1 Å². The predicted octanol–water partition coefficient (Wildman–Crippen LogP) is 5.92. The van der Waals surface area contributed by atoms with Crippen LogP contribution in [0.2, 0.25) is 0 Å². The van der Waals surface area contributed by atoms with Gasteiger partial charge in [0.05, 0.1) is 13.2 Å². The van der Waals surface area contributed by atoms with Crippen molar-refractivity contribution in [3.8, 4) is 11.5 Å². The lowest BCUT2D eigenvalue weighted by Crippen LogP contribution is -2.32. The van der Waals surface area contributed by atoms with E-state index in [0.29, 0.717) is 31.3 Å². The molecule has 182 valence electrons. The number of ether oxygens (including phenoxy) is 3. The average molecular weight is 470 g/mol. The lowest BCUT2D eigenvalue weighted by molar-refractivity contribution is -0.149. The second-order valence-corrected chi connectivity index (χ2v) is 8.97. The Morgan fingerprint density at radius 2 is 1.85 bits per heavy atom. The van der Waals surface area contributed by atoms with E-state index < -0.39 is 17.9 Å². The van der Waals surface area contributed by atoms with Crippen LogP contribution in [0.25, 0.3) is 0 Å². The van der Waals surface area contributed by atoms with Crippen molar-refractivity contribution < 1.29 is 28.2 Å². The Morgan fingerprint density at radius 1 is 1.06 bits per heavy atom. The molecular formula is C27H32FNO5. The molecule has 1 aliphatic carbocycles. The summed E-state index contributed by atoms with van der Waals surface area (Å²) in [7, 11) is 0. The maximum absolute atomic E-state index is 14.8. The molecule has 1 atom stereocenters. The number of cyclic esters (lactones) is 1. The number of alkyl halides is 1. The van der Waals surface area contributed by atoms with Crippen LogP contribution in [-0.2, 0) is 21.8 Å². The molecule has 1 saturated carbocycles. The number of benzene rings is 2. The van der Waals surface area contributed by atoms with Gasteiger partial charge in [0, 0.05) is 12.0 Å². The maximum Gasteiger partial charge on any atom is 0.417 e. The van der Waals surface area contributed by atoms with Crippen molar-refractivity contribution in [2.45, 2.75) is 70.1 Å². The Bertz CT molecular complexity index is 1020. The van der Waals surface area contributed by atoms with Crippen LogP contribution in [0.15, 0.2) is 42.5 Å². The van der Waals surface area contributed by atoms with Crippen molar-refractivity contribution in [2.75, 3.05) is 13.2 Å². The molecule has 2 aliphatic rings. The molecule has 2 aromatic carbocycles. The average Bonchev–Trinajstić information content (AvgIpc) is 3.12. The van der Waals surface area contributed by atoms with Crippen LogP contribution < -0.4 is 14.8 Å². The maximum atomic E-state index is 14.8. The van der Waals surface area contributed by atoms with Crippen molar-refractivity contribution in [3.05, 3.63) is 59.2 Å². The molecule has 7 heteroatoms. The van der Waals surface area contributed by atoms with Crippen LogP contribution in [0, 0.1) is 0 Å². The third kappa shape index (κ3) is 5.51. The summed E-state index contributed by atoms with van der Waals surface area (Å²) in [6.07, 6.45) is 8.13. The summed E-state index contributed by atoms with van der Waals surface area (Å²) in [5.41, 5.74) is 2.61. The summed E-state index contributed by atoms with van der Waals surface area (Å²) in [6, 6.07) is 12.6. The Balaban J connectivity index is 1.29. The molecule has 0 radical (unpaired) electrons. The first kappa shape index (κ1) is 24.0. The Hall–Kier alpha value is -3.09. The van der Waals surface area contributed by atoms with Crippen molar-refractivity contribution in [1.82, 2.24) is 5.32 Å². The van der Waals surface area contributed by atoms with Crippen LogP contribution in [0.4, 0.5) is 9.18 Å². The molecule has 2 aromatic rings. The van der Waals surface area contributed by atoms with Gasteiger partial charge in [0.15, 0.2) is 0 Å². The molecule has 6 nitrogen and oxygen atoms in total. The zero-order valence-electron chi connectivity index (χ0n) is 19.6. The van der Waals surface area contributed by atoms with E-state index in [9.17, 15) is 14.0 Å². The summed E-state index contributed by atoms with van der Waals surface area (Å²) in [5, 5.41) is 1.80. The molecule has 1 saturated heterocycles. The highest BCUT2D eigenvalue weighted by Crippen LogP contribution is 2.35. The summed E-state index contributed by atoms with van der Waals surface area (Å²) in [4.78, 5) is 23.0. The number of hydrogen-bond acceptors (Lipinski definition) is 5. The molecule has 0 bridgehead atoms. The normalized spacial score (nSPS) is 20.6. The Kier molecular flexibility index (Phi) is 7.70. The monoisotopic (exact) mass is 469 g/mol. The predicted molar refractivity (Wildman–Crippen MR) is 126 cm³/mol. The van der Waals surface area contributed by atoms with Gasteiger partial charge in [-0.1, -0.05) is 56.9 Å². The third-order valence-electron chi connectivity index (χ3n) is 6.44. The molecule has 2 amide bonds.